The minimum absolute atomic E-state index is 0.720. The van der Waals surface area contributed by atoms with E-state index in [-0.39, 0.29) is 0 Å². The Labute approximate surface area is 229 Å². The molecule has 5 aromatic carbocycles. The van der Waals surface area contributed by atoms with E-state index in [1.54, 1.807) is 0 Å². The van der Waals surface area contributed by atoms with Crippen LogP contribution in [0.2, 0.25) is 0 Å². The van der Waals surface area contributed by atoms with Gasteiger partial charge in [0.25, 0.3) is 0 Å². The summed E-state index contributed by atoms with van der Waals surface area (Å²) in [6, 6.07) is 46.1. The second-order valence-corrected chi connectivity index (χ2v) is 10.1. The van der Waals surface area contributed by atoms with Crippen molar-refractivity contribution >= 4 is 37.7 Å². The van der Waals surface area contributed by atoms with Gasteiger partial charge >= 0.3 is 0 Å². The Kier molecular flexibility index (Phi) is 5.60. The van der Waals surface area contributed by atoms with Gasteiger partial charge in [-0.1, -0.05) is 103 Å². The molecule has 0 saturated carbocycles. The van der Waals surface area contributed by atoms with Crippen LogP contribution in [-0.2, 0) is 0 Å². The normalized spacial score (nSPS) is 11.3. The maximum atomic E-state index is 4.98. The lowest BCUT2D eigenvalue weighted by atomic mass is 10.1. The molecular weight excluding hydrogens is 530 g/mol. The van der Waals surface area contributed by atoms with Crippen LogP contribution in [0, 0.1) is 0 Å². The molecule has 180 valence electrons. The van der Waals surface area contributed by atoms with Crippen LogP contribution in [0.4, 0.5) is 0 Å². The fraction of sp³-hybridized carbons (Fsp3) is 0. The lowest BCUT2D eigenvalue weighted by Gasteiger charge is -2.12. The molecule has 0 bridgehead atoms. The maximum Gasteiger partial charge on any atom is 0.160 e. The second kappa shape index (κ2) is 9.40. The van der Waals surface area contributed by atoms with Crippen molar-refractivity contribution in [1.29, 1.82) is 0 Å². The van der Waals surface area contributed by atoms with Gasteiger partial charge < -0.3 is 4.57 Å². The third-order valence-electron chi connectivity index (χ3n) is 6.89. The van der Waals surface area contributed by atoms with Crippen LogP contribution in [0.1, 0.15) is 0 Å². The minimum Gasteiger partial charge on any atom is -0.308 e. The molecule has 0 amide bonds. The van der Waals surface area contributed by atoms with Gasteiger partial charge in [-0.15, -0.1) is 0 Å². The van der Waals surface area contributed by atoms with Crippen LogP contribution in [0.25, 0.3) is 61.4 Å². The van der Waals surface area contributed by atoms with Crippen molar-refractivity contribution in [2.24, 2.45) is 0 Å². The van der Waals surface area contributed by atoms with Crippen LogP contribution in [-0.4, -0.2) is 14.5 Å². The summed E-state index contributed by atoms with van der Waals surface area (Å²) in [5, 5.41) is 2.47. The first-order valence-corrected chi connectivity index (χ1v) is 13.3. The molecule has 4 heteroatoms. The molecule has 0 N–H and O–H groups in total. The first-order chi connectivity index (χ1) is 18.8. The van der Waals surface area contributed by atoms with E-state index >= 15 is 0 Å². The van der Waals surface area contributed by atoms with E-state index in [4.69, 9.17) is 9.97 Å². The Hall–Kier alpha value is -4.54. The minimum atomic E-state index is 0.720. The smallest absolute Gasteiger partial charge is 0.160 e. The van der Waals surface area contributed by atoms with Gasteiger partial charge in [-0.2, -0.15) is 0 Å². The fourth-order valence-corrected chi connectivity index (χ4v) is 5.64. The molecule has 0 spiro atoms. The predicted octanol–water partition coefficient (Wildman–Crippen LogP) is 9.34. The van der Waals surface area contributed by atoms with Crippen LogP contribution >= 0.6 is 15.9 Å². The molecule has 0 aliphatic carbocycles. The molecule has 3 nitrogen and oxygen atoms in total. The monoisotopic (exact) mass is 551 g/mol. The van der Waals surface area contributed by atoms with Crippen LogP contribution in [0.5, 0.6) is 0 Å². The van der Waals surface area contributed by atoms with Crippen molar-refractivity contribution in [2.45, 2.75) is 0 Å². The molecule has 7 rings (SSSR count). The van der Waals surface area contributed by atoms with Gasteiger partial charge in [-0.25, -0.2) is 9.97 Å². The van der Waals surface area contributed by atoms with Gasteiger partial charge in [0.1, 0.15) is 0 Å². The molecule has 0 atom stereocenters. The molecule has 7 aromatic rings. The van der Waals surface area contributed by atoms with Crippen molar-refractivity contribution in [3.63, 3.8) is 0 Å². The summed E-state index contributed by atoms with van der Waals surface area (Å²) in [6.07, 6.45) is 0. The van der Waals surface area contributed by atoms with E-state index in [1.165, 1.54) is 21.8 Å². The largest absolute Gasteiger partial charge is 0.308 e. The molecule has 0 unspecified atom stereocenters. The first-order valence-electron chi connectivity index (χ1n) is 12.5. The van der Waals surface area contributed by atoms with E-state index < -0.39 is 0 Å². The Morgan fingerprint density at radius 1 is 0.500 bits per heavy atom. The molecule has 38 heavy (non-hydrogen) atoms. The van der Waals surface area contributed by atoms with Gasteiger partial charge in [-0.05, 0) is 46.3 Å². The average Bonchev–Trinajstić information content (AvgIpc) is 3.34. The fourth-order valence-electron chi connectivity index (χ4n) is 5.09. The standard InChI is InChI=1S/C34H22BrN3/c35-29-16-9-15-28-27-14-7-8-17-32(27)38(33(28)29)26-20-18-24(19-21-26)31-22-30(23-10-3-1-4-11-23)36-34(37-31)25-12-5-2-6-13-25/h1-22H. The van der Waals surface area contributed by atoms with Gasteiger partial charge in [0.2, 0.25) is 0 Å². The molecule has 0 fully saturated rings. The number of halogens is 1. The molecule has 2 aromatic heterocycles. The lowest BCUT2D eigenvalue weighted by Crippen LogP contribution is -1.97. The summed E-state index contributed by atoms with van der Waals surface area (Å²) in [4.78, 5) is 9.90. The zero-order valence-electron chi connectivity index (χ0n) is 20.4. The number of para-hydroxylation sites is 2. The lowest BCUT2D eigenvalue weighted by molar-refractivity contribution is 1.17. The van der Waals surface area contributed by atoms with Crippen molar-refractivity contribution < 1.29 is 0 Å². The third kappa shape index (κ3) is 3.90. The number of hydrogen-bond acceptors (Lipinski definition) is 2. The number of benzene rings is 5. The van der Waals surface area contributed by atoms with E-state index in [0.29, 0.717) is 0 Å². The van der Waals surface area contributed by atoms with E-state index in [0.717, 1.165) is 44.1 Å². The summed E-state index contributed by atoms with van der Waals surface area (Å²) in [6.45, 7) is 0. The van der Waals surface area contributed by atoms with Crippen LogP contribution in [0.15, 0.2) is 138 Å². The number of aromatic nitrogens is 3. The Morgan fingerprint density at radius 3 is 1.79 bits per heavy atom. The van der Waals surface area contributed by atoms with E-state index in [2.05, 4.69) is 118 Å². The maximum absolute atomic E-state index is 4.98. The zero-order valence-corrected chi connectivity index (χ0v) is 22.0. The van der Waals surface area contributed by atoms with Crippen molar-refractivity contribution in [3.05, 3.63) is 138 Å². The summed E-state index contributed by atoms with van der Waals surface area (Å²) in [5.41, 5.74) is 8.37. The Morgan fingerprint density at radius 2 is 1.08 bits per heavy atom. The summed E-state index contributed by atoms with van der Waals surface area (Å²) < 4.78 is 3.40. The molecule has 2 heterocycles. The highest BCUT2D eigenvalue weighted by molar-refractivity contribution is 9.10. The number of fused-ring (bicyclic) bond motifs is 3. The van der Waals surface area contributed by atoms with Crippen LogP contribution < -0.4 is 0 Å². The van der Waals surface area contributed by atoms with Crippen LogP contribution in [0.3, 0.4) is 0 Å². The van der Waals surface area contributed by atoms with Gasteiger partial charge in [0.15, 0.2) is 5.82 Å². The highest BCUT2D eigenvalue weighted by Crippen LogP contribution is 2.36. The molecular formula is C34H22BrN3. The molecule has 0 aliphatic heterocycles. The molecule has 0 radical (unpaired) electrons. The third-order valence-corrected chi connectivity index (χ3v) is 7.53. The van der Waals surface area contributed by atoms with Gasteiger partial charge in [-0.3, -0.25) is 0 Å². The predicted molar refractivity (Wildman–Crippen MR) is 160 cm³/mol. The number of nitrogens with zero attached hydrogens (tertiary/aromatic N) is 3. The SMILES string of the molecule is Brc1cccc2c3ccccc3n(-c3ccc(-c4cc(-c5ccccc5)nc(-c5ccccc5)n4)cc3)c12. The molecule has 0 aliphatic rings. The molecule has 0 saturated heterocycles. The Balaban J connectivity index is 1.38. The first kappa shape index (κ1) is 22.6. The van der Waals surface area contributed by atoms with Crippen molar-refractivity contribution in [1.82, 2.24) is 14.5 Å². The average molecular weight is 552 g/mol. The summed E-state index contributed by atoms with van der Waals surface area (Å²) in [5.74, 6) is 0.720. The highest BCUT2D eigenvalue weighted by atomic mass is 79.9. The second-order valence-electron chi connectivity index (χ2n) is 9.23. The quantitative estimate of drug-likeness (QED) is 0.218. The summed E-state index contributed by atoms with van der Waals surface area (Å²) in [7, 11) is 0. The topological polar surface area (TPSA) is 30.7 Å². The van der Waals surface area contributed by atoms with Gasteiger partial charge in [0, 0.05) is 37.6 Å². The Bertz CT molecular complexity index is 1850. The number of hydrogen-bond donors (Lipinski definition) is 0. The van der Waals surface area contributed by atoms with Gasteiger partial charge in [0.05, 0.1) is 22.4 Å². The number of rotatable bonds is 4. The summed E-state index contributed by atoms with van der Waals surface area (Å²) >= 11 is 3.80. The zero-order chi connectivity index (χ0) is 25.5. The van der Waals surface area contributed by atoms with Crippen molar-refractivity contribution in [2.75, 3.05) is 0 Å². The van der Waals surface area contributed by atoms with E-state index in [9.17, 15) is 0 Å². The van der Waals surface area contributed by atoms with E-state index in [1.807, 2.05) is 36.4 Å². The van der Waals surface area contributed by atoms with Crippen molar-refractivity contribution in [3.8, 4) is 39.6 Å². The highest BCUT2D eigenvalue weighted by Gasteiger charge is 2.15.